The van der Waals surface area contributed by atoms with Gasteiger partial charge in [-0.3, -0.25) is 0 Å². The normalized spacial score (nSPS) is 54.0. The highest BCUT2D eigenvalue weighted by molar-refractivity contribution is 5.29. The molecule has 5 aliphatic carbocycles. The van der Waals surface area contributed by atoms with E-state index in [1.807, 2.05) is 0 Å². The fraction of sp³-hybridized carbons (Fsp3) is 0.944. The van der Waals surface area contributed by atoms with Crippen LogP contribution in [0.15, 0.2) is 12.2 Å². The Bertz CT molecular complexity index is 1030. The summed E-state index contributed by atoms with van der Waals surface area (Å²) in [5, 5.41) is 40.8. The molecule has 0 bridgehead atoms. The third kappa shape index (κ3) is 4.31. The molecule has 4 N–H and O–H groups in total. The fourth-order valence-corrected chi connectivity index (χ4v) is 12.4. The maximum absolute atomic E-state index is 10.6. The van der Waals surface area contributed by atoms with E-state index in [2.05, 4.69) is 48.1 Å². The van der Waals surface area contributed by atoms with Gasteiger partial charge in [0, 0.05) is 0 Å². The molecule has 0 radical (unpaired) electrons. The van der Waals surface area contributed by atoms with E-state index in [-0.39, 0.29) is 6.10 Å². The number of aliphatic hydroxyl groups is 4. The van der Waals surface area contributed by atoms with Gasteiger partial charge in [-0.2, -0.15) is 0 Å². The van der Waals surface area contributed by atoms with Gasteiger partial charge in [-0.15, -0.1) is 0 Å². The first-order valence-corrected chi connectivity index (χ1v) is 17.4. The van der Waals surface area contributed by atoms with E-state index in [0.717, 1.165) is 24.2 Å². The van der Waals surface area contributed by atoms with Gasteiger partial charge in [-0.25, -0.2) is 0 Å². The van der Waals surface area contributed by atoms with Gasteiger partial charge in [0.1, 0.15) is 24.4 Å². The molecule has 6 heteroatoms. The quantitative estimate of drug-likeness (QED) is 0.210. The zero-order valence-corrected chi connectivity index (χ0v) is 27.2. The summed E-state index contributed by atoms with van der Waals surface area (Å²) in [5.41, 5.74) is 3.16. The Balaban J connectivity index is 1.15. The Labute approximate surface area is 254 Å². The Kier molecular flexibility index (Phi) is 8.09. The lowest BCUT2D eigenvalue weighted by molar-refractivity contribution is -0.319. The molecule has 0 aromatic heterocycles. The summed E-state index contributed by atoms with van der Waals surface area (Å²) in [6, 6.07) is 0. The largest absolute Gasteiger partial charge is 0.394 e. The molecular weight excluding hydrogens is 528 g/mol. The Morgan fingerprint density at radius 3 is 2.33 bits per heavy atom. The van der Waals surface area contributed by atoms with E-state index in [9.17, 15) is 20.4 Å². The number of allylic oxidation sites excluding steroid dienone is 1. The highest BCUT2D eigenvalue weighted by atomic mass is 16.7. The molecule has 6 aliphatic rings. The Hall–Kier alpha value is -0.500. The first-order valence-electron chi connectivity index (χ1n) is 17.4. The summed E-state index contributed by atoms with van der Waals surface area (Å²) in [7, 11) is 0. The van der Waals surface area contributed by atoms with Gasteiger partial charge in [0.15, 0.2) is 6.29 Å². The maximum Gasteiger partial charge on any atom is 0.186 e. The van der Waals surface area contributed by atoms with Crippen molar-refractivity contribution in [2.75, 3.05) is 6.61 Å². The average molecular weight is 589 g/mol. The SMILES string of the molecule is C=C(CC[C@@H](C)[C@H]1CC[C@@]2(C)[C@H]3CC[C@@H]4[C@H](C)[C@@H](O[C@@H]5O[C@H](CO)[C@@H](O)[C@H](O)[C@H]5O)CC[C@@]45C[C@@]35CC[C@]12C)C(C)C. The first kappa shape index (κ1) is 31.5. The fourth-order valence-electron chi connectivity index (χ4n) is 12.4. The zero-order chi connectivity index (χ0) is 30.4. The van der Waals surface area contributed by atoms with Crippen LogP contribution in [-0.4, -0.2) is 63.8 Å². The summed E-state index contributed by atoms with van der Waals surface area (Å²) in [6.07, 6.45) is 7.95. The molecule has 42 heavy (non-hydrogen) atoms. The second-order valence-electron chi connectivity index (χ2n) is 16.8. The molecule has 6 fully saturated rings. The molecule has 0 amide bonds. The van der Waals surface area contributed by atoms with E-state index < -0.39 is 37.3 Å². The van der Waals surface area contributed by atoms with Gasteiger partial charge in [0.25, 0.3) is 0 Å². The van der Waals surface area contributed by atoms with Gasteiger partial charge < -0.3 is 29.9 Å². The smallest absolute Gasteiger partial charge is 0.186 e. The van der Waals surface area contributed by atoms with Crippen LogP contribution < -0.4 is 0 Å². The molecular formula is C36H60O6. The van der Waals surface area contributed by atoms with Crippen molar-refractivity contribution in [1.82, 2.24) is 0 Å². The van der Waals surface area contributed by atoms with Crippen LogP contribution in [0.4, 0.5) is 0 Å². The van der Waals surface area contributed by atoms with Crippen LogP contribution in [0.25, 0.3) is 0 Å². The van der Waals surface area contributed by atoms with Gasteiger partial charge in [0.05, 0.1) is 12.7 Å². The van der Waals surface area contributed by atoms with Crippen LogP contribution in [-0.2, 0) is 9.47 Å². The molecule has 0 aromatic rings. The first-order chi connectivity index (χ1) is 19.8. The maximum atomic E-state index is 10.6. The van der Waals surface area contributed by atoms with Gasteiger partial charge in [-0.1, -0.05) is 53.7 Å². The molecule has 15 atom stereocenters. The predicted molar refractivity (Wildman–Crippen MR) is 163 cm³/mol. The lowest BCUT2D eigenvalue weighted by Crippen LogP contribution is -2.60. The predicted octanol–water partition coefficient (Wildman–Crippen LogP) is 5.85. The van der Waals surface area contributed by atoms with Gasteiger partial charge in [-0.05, 0) is 128 Å². The number of aliphatic hydroxyl groups excluding tert-OH is 4. The summed E-state index contributed by atoms with van der Waals surface area (Å²) in [5.74, 6) is 3.92. The number of fused-ring (bicyclic) bond motifs is 2. The molecule has 240 valence electrons. The molecule has 2 spiro atoms. The second kappa shape index (κ2) is 10.8. The molecule has 0 aromatic carbocycles. The minimum absolute atomic E-state index is 0.0574. The van der Waals surface area contributed by atoms with Crippen molar-refractivity contribution in [1.29, 1.82) is 0 Å². The highest BCUT2D eigenvalue weighted by Gasteiger charge is 2.81. The molecule has 5 saturated carbocycles. The number of hydrogen-bond donors (Lipinski definition) is 4. The topological polar surface area (TPSA) is 99.4 Å². The van der Waals surface area contributed by atoms with E-state index in [0.29, 0.717) is 39.4 Å². The van der Waals surface area contributed by atoms with E-state index in [1.54, 1.807) is 0 Å². The minimum Gasteiger partial charge on any atom is -0.394 e. The summed E-state index contributed by atoms with van der Waals surface area (Å²) >= 11 is 0. The van der Waals surface area contributed by atoms with Crippen LogP contribution in [0.5, 0.6) is 0 Å². The van der Waals surface area contributed by atoms with Crippen molar-refractivity contribution in [2.24, 2.45) is 57.2 Å². The van der Waals surface area contributed by atoms with Crippen LogP contribution in [0.2, 0.25) is 0 Å². The molecule has 0 unspecified atom stereocenters. The van der Waals surface area contributed by atoms with Crippen LogP contribution in [0.1, 0.15) is 112 Å². The van der Waals surface area contributed by atoms with Crippen molar-refractivity contribution >= 4 is 0 Å². The average Bonchev–Trinajstić information content (AvgIpc) is 3.54. The summed E-state index contributed by atoms with van der Waals surface area (Å²) in [4.78, 5) is 0. The van der Waals surface area contributed by atoms with Crippen molar-refractivity contribution in [3.63, 3.8) is 0 Å². The number of hydrogen-bond acceptors (Lipinski definition) is 6. The summed E-state index contributed by atoms with van der Waals surface area (Å²) < 4.78 is 12.1. The lowest BCUT2D eigenvalue weighted by atomic mass is 9.43. The van der Waals surface area contributed by atoms with Gasteiger partial charge in [0.2, 0.25) is 0 Å². The zero-order valence-electron chi connectivity index (χ0n) is 27.2. The minimum atomic E-state index is -1.39. The Morgan fingerprint density at radius 2 is 1.64 bits per heavy atom. The lowest BCUT2D eigenvalue weighted by Gasteiger charge is -2.62. The standard InChI is InChI=1S/C36H60O6/c1-20(2)21(3)8-9-22(4)24-12-14-34(7)28-11-10-25-23(5)26(41-32-31(40)30(39)29(38)27(18-37)42-32)13-15-35(25)19-36(28,35)17-16-33(24,34)6/h20,22-32,37-40H,3,8-19H2,1-2,4-7H3/t22-,23+,24-,25-,26+,27-,28-,29-,30+,31-,32-,33-,34+,35-,36+/m1/s1. The number of ether oxygens (including phenoxy) is 2. The van der Waals surface area contributed by atoms with E-state index >= 15 is 0 Å². The van der Waals surface area contributed by atoms with Crippen LogP contribution >= 0.6 is 0 Å². The van der Waals surface area contributed by atoms with E-state index in [4.69, 9.17) is 9.47 Å². The Morgan fingerprint density at radius 1 is 0.905 bits per heavy atom. The van der Waals surface area contributed by atoms with Gasteiger partial charge >= 0.3 is 0 Å². The molecule has 6 rings (SSSR count). The monoisotopic (exact) mass is 588 g/mol. The molecule has 1 aliphatic heterocycles. The summed E-state index contributed by atoms with van der Waals surface area (Å²) in [6.45, 7) is 18.7. The van der Waals surface area contributed by atoms with E-state index in [1.165, 1.54) is 69.8 Å². The van der Waals surface area contributed by atoms with Crippen molar-refractivity contribution in [2.45, 2.75) is 149 Å². The number of rotatable bonds is 8. The molecule has 1 saturated heterocycles. The second-order valence-corrected chi connectivity index (χ2v) is 16.8. The van der Waals surface area contributed by atoms with Crippen molar-refractivity contribution in [3.8, 4) is 0 Å². The van der Waals surface area contributed by atoms with Crippen LogP contribution in [0, 0.1) is 57.2 Å². The third-order valence-electron chi connectivity index (χ3n) is 15.3. The third-order valence-corrected chi connectivity index (χ3v) is 15.3. The molecule has 6 nitrogen and oxygen atoms in total. The van der Waals surface area contributed by atoms with Crippen molar-refractivity contribution in [3.05, 3.63) is 12.2 Å². The highest BCUT2D eigenvalue weighted by Crippen LogP contribution is 2.88. The molecule has 1 heterocycles. The van der Waals surface area contributed by atoms with Crippen molar-refractivity contribution < 1.29 is 29.9 Å². The van der Waals surface area contributed by atoms with Crippen LogP contribution in [0.3, 0.4) is 0 Å².